The van der Waals surface area contributed by atoms with Crippen LogP contribution in [-0.2, 0) is 0 Å². The lowest BCUT2D eigenvalue weighted by Crippen LogP contribution is -2.08. The van der Waals surface area contributed by atoms with Crippen molar-refractivity contribution >= 4 is 21.7 Å². The van der Waals surface area contributed by atoms with Gasteiger partial charge in [0.25, 0.3) is 0 Å². The minimum atomic E-state index is -0.279. The molecule has 2 aliphatic rings. The molecule has 0 saturated heterocycles. The van der Waals surface area contributed by atoms with E-state index in [1.165, 1.54) is 95.1 Å². The first-order chi connectivity index (χ1) is 21.1. The Morgan fingerprint density at radius 3 is 1.35 bits per heavy atom. The SMILES string of the molecule is CCCCC1=Cc2c(-c3ccc(C)cc3)cccc2C1C[SiH2]CC1C(CCCC)=Cc2c(-c3ccc(C)cc3)cccc21. The second kappa shape index (κ2) is 13.5. The van der Waals surface area contributed by atoms with E-state index in [-0.39, 0.29) is 9.52 Å². The van der Waals surface area contributed by atoms with E-state index >= 15 is 0 Å². The van der Waals surface area contributed by atoms with Gasteiger partial charge in [-0.25, -0.2) is 0 Å². The van der Waals surface area contributed by atoms with E-state index in [1.807, 2.05) is 0 Å². The molecule has 2 atom stereocenters. The van der Waals surface area contributed by atoms with Crippen LogP contribution in [0.2, 0.25) is 12.1 Å². The summed E-state index contributed by atoms with van der Waals surface area (Å²) >= 11 is 0. The number of benzene rings is 4. The Kier molecular flexibility index (Phi) is 9.29. The number of hydrogen-bond donors (Lipinski definition) is 0. The number of fused-ring (bicyclic) bond motifs is 2. The van der Waals surface area contributed by atoms with Crippen molar-refractivity contribution in [3.63, 3.8) is 0 Å². The van der Waals surface area contributed by atoms with Crippen LogP contribution in [0.1, 0.15) is 97.6 Å². The molecule has 1 heteroatoms. The van der Waals surface area contributed by atoms with Gasteiger partial charge in [0, 0.05) is 21.4 Å². The van der Waals surface area contributed by atoms with E-state index in [0.717, 1.165) is 0 Å². The van der Waals surface area contributed by atoms with Crippen LogP contribution < -0.4 is 0 Å². The normalized spacial score (nSPS) is 17.3. The van der Waals surface area contributed by atoms with Gasteiger partial charge in [0.05, 0.1) is 0 Å². The molecule has 2 unspecified atom stereocenters. The second-order valence-electron chi connectivity index (χ2n) is 13.0. The summed E-state index contributed by atoms with van der Waals surface area (Å²) in [5.41, 5.74) is 17.7. The molecule has 0 nitrogen and oxygen atoms in total. The zero-order chi connectivity index (χ0) is 29.8. The maximum Gasteiger partial charge on any atom is 0.0218 e. The van der Waals surface area contributed by atoms with Gasteiger partial charge in [0.15, 0.2) is 0 Å². The highest BCUT2D eigenvalue weighted by atomic mass is 28.2. The summed E-state index contributed by atoms with van der Waals surface area (Å²) in [6, 6.07) is 35.2. The predicted octanol–water partition coefficient (Wildman–Crippen LogP) is 11.7. The zero-order valence-corrected chi connectivity index (χ0v) is 28.2. The van der Waals surface area contributed by atoms with Crippen LogP contribution >= 0.6 is 0 Å². The number of hydrogen-bond acceptors (Lipinski definition) is 0. The van der Waals surface area contributed by atoms with E-state index in [1.54, 1.807) is 22.3 Å². The van der Waals surface area contributed by atoms with Crippen LogP contribution in [0, 0.1) is 13.8 Å². The quantitative estimate of drug-likeness (QED) is 0.146. The second-order valence-corrected chi connectivity index (χ2v) is 14.9. The van der Waals surface area contributed by atoms with Crippen LogP contribution in [0.25, 0.3) is 34.4 Å². The van der Waals surface area contributed by atoms with Gasteiger partial charge < -0.3 is 0 Å². The molecule has 4 aromatic carbocycles. The minimum absolute atomic E-state index is 0.279. The van der Waals surface area contributed by atoms with Crippen molar-refractivity contribution in [1.82, 2.24) is 0 Å². The first-order valence-electron chi connectivity index (χ1n) is 16.9. The van der Waals surface area contributed by atoms with Gasteiger partial charge in [-0.1, -0.05) is 158 Å². The van der Waals surface area contributed by atoms with E-state index in [4.69, 9.17) is 0 Å². The van der Waals surface area contributed by atoms with Crippen molar-refractivity contribution < 1.29 is 0 Å². The molecule has 0 radical (unpaired) electrons. The molecular formula is C42H48Si. The number of rotatable bonds is 12. The van der Waals surface area contributed by atoms with Crippen molar-refractivity contribution in [1.29, 1.82) is 0 Å². The lowest BCUT2D eigenvalue weighted by molar-refractivity contribution is 0.730. The van der Waals surface area contributed by atoms with Gasteiger partial charge in [-0.2, -0.15) is 0 Å². The summed E-state index contributed by atoms with van der Waals surface area (Å²) in [5, 5.41) is 0. The first-order valence-corrected chi connectivity index (χ1v) is 18.9. The fourth-order valence-corrected chi connectivity index (χ4v) is 9.92. The Morgan fingerprint density at radius 1 is 0.535 bits per heavy atom. The van der Waals surface area contributed by atoms with Crippen LogP contribution in [0.5, 0.6) is 0 Å². The molecular weight excluding hydrogens is 533 g/mol. The van der Waals surface area contributed by atoms with Crippen molar-refractivity contribution in [3.8, 4) is 22.3 Å². The molecule has 0 bridgehead atoms. The molecule has 0 fully saturated rings. The summed E-state index contributed by atoms with van der Waals surface area (Å²) < 4.78 is 0. The number of aryl methyl sites for hydroxylation is 2. The van der Waals surface area contributed by atoms with Gasteiger partial charge in [0.2, 0.25) is 0 Å². The fourth-order valence-electron chi connectivity index (χ4n) is 7.50. The van der Waals surface area contributed by atoms with Crippen LogP contribution in [0.3, 0.4) is 0 Å². The van der Waals surface area contributed by atoms with Crippen LogP contribution in [0.15, 0.2) is 96.1 Å². The highest BCUT2D eigenvalue weighted by molar-refractivity contribution is 6.36. The van der Waals surface area contributed by atoms with E-state index < -0.39 is 0 Å². The van der Waals surface area contributed by atoms with Gasteiger partial charge in [-0.3, -0.25) is 0 Å². The fraction of sp³-hybridized carbons (Fsp3) is 0.333. The predicted molar refractivity (Wildman–Crippen MR) is 192 cm³/mol. The molecule has 0 saturated carbocycles. The van der Waals surface area contributed by atoms with Gasteiger partial charge >= 0.3 is 0 Å². The zero-order valence-electron chi connectivity index (χ0n) is 26.8. The maximum absolute atomic E-state index is 2.59. The van der Waals surface area contributed by atoms with Crippen LogP contribution in [-0.4, -0.2) is 9.52 Å². The molecule has 220 valence electrons. The molecule has 43 heavy (non-hydrogen) atoms. The maximum atomic E-state index is 2.59. The Hall–Kier alpha value is -3.42. The number of unbranched alkanes of at least 4 members (excludes halogenated alkanes) is 2. The third-order valence-electron chi connectivity index (χ3n) is 9.93. The Labute approximate surface area is 262 Å². The molecule has 0 aliphatic heterocycles. The molecule has 0 N–H and O–H groups in total. The van der Waals surface area contributed by atoms with Gasteiger partial charge in [-0.15, -0.1) is 0 Å². The molecule has 0 amide bonds. The van der Waals surface area contributed by atoms with E-state index in [0.29, 0.717) is 11.8 Å². The standard InChI is InChI=1S/C42H48Si/c1-5-7-11-33-25-39-35(31-21-17-29(3)18-22-31)13-9-15-37(39)41(33)27-43-28-42-34(12-8-6-2)26-40-36(14-10-16-38(40)42)32-23-19-30(4)20-24-32/h9-10,13-26,41-42H,5-8,11-12,27-28,43H2,1-4H3. The number of allylic oxidation sites excluding steroid dienone is 2. The summed E-state index contributed by atoms with van der Waals surface area (Å²) in [5.74, 6) is 1.22. The van der Waals surface area contributed by atoms with E-state index in [9.17, 15) is 0 Å². The average molecular weight is 581 g/mol. The van der Waals surface area contributed by atoms with Crippen molar-refractivity contribution in [2.24, 2.45) is 0 Å². The molecule has 4 aromatic rings. The third kappa shape index (κ3) is 6.29. The minimum Gasteiger partial charge on any atom is -0.0654 e. The molecule has 2 aliphatic carbocycles. The molecule has 0 aromatic heterocycles. The molecule has 6 rings (SSSR count). The lowest BCUT2D eigenvalue weighted by Gasteiger charge is -2.21. The van der Waals surface area contributed by atoms with Crippen molar-refractivity contribution in [2.75, 3.05) is 0 Å². The summed E-state index contributed by atoms with van der Waals surface area (Å²) in [6.07, 6.45) is 12.8. The Bertz CT molecular complexity index is 1490. The molecule has 0 spiro atoms. The van der Waals surface area contributed by atoms with E-state index in [2.05, 4.69) is 125 Å². The summed E-state index contributed by atoms with van der Waals surface area (Å²) in [6.45, 7) is 9.02. The Balaban J connectivity index is 1.25. The third-order valence-corrected chi connectivity index (χ3v) is 11.9. The van der Waals surface area contributed by atoms with Crippen molar-refractivity contribution in [2.45, 2.75) is 90.1 Å². The van der Waals surface area contributed by atoms with Crippen molar-refractivity contribution in [3.05, 3.63) is 129 Å². The largest absolute Gasteiger partial charge is 0.0654 e. The van der Waals surface area contributed by atoms with Gasteiger partial charge in [0.1, 0.15) is 0 Å². The summed E-state index contributed by atoms with van der Waals surface area (Å²) in [7, 11) is -0.279. The monoisotopic (exact) mass is 580 g/mol. The smallest absolute Gasteiger partial charge is 0.0218 e. The highest BCUT2D eigenvalue weighted by Crippen LogP contribution is 2.48. The first kappa shape index (κ1) is 29.6. The highest BCUT2D eigenvalue weighted by Gasteiger charge is 2.30. The lowest BCUT2D eigenvalue weighted by atomic mass is 9.91. The molecule has 0 heterocycles. The van der Waals surface area contributed by atoms with Crippen LogP contribution in [0.4, 0.5) is 0 Å². The summed E-state index contributed by atoms with van der Waals surface area (Å²) in [4.78, 5) is 0. The van der Waals surface area contributed by atoms with Gasteiger partial charge in [-0.05, 0) is 84.0 Å². The topological polar surface area (TPSA) is 0 Å². The average Bonchev–Trinajstić information content (AvgIpc) is 3.57. The Morgan fingerprint density at radius 2 is 0.953 bits per heavy atom.